The Morgan fingerprint density at radius 3 is 2.29 bits per heavy atom. The van der Waals surface area contributed by atoms with E-state index in [1.54, 1.807) is 7.11 Å². The van der Waals surface area contributed by atoms with Crippen molar-refractivity contribution in [2.45, 2.75) is 52.0 Å². The molecule has 4 heteroatoms. The molecule has 1 saturated heterocycles. The molecule has 0 spiro atoms. The Bertz CT molecular complexity index is 507. The quantitative estimate of drug-likeness (QED) is 0.832. The van der Waals surface area contributed by atoms with Gasteiger partial charge >= 0.3 is 0 Å². The van der Waals surface area contributed by atoms with Crippen molar-refractivity contribution >= 4 is 5.91 Å². The fraction of sp³-hybridized carbons (Fsp3) is 0.650. The highest BCUT2D eigenvalue weighted by Crippen LogP contribution is 2.26. The molecule has 24 heavy (non-hydrogen) atoms. The number of piperidine rings is 1. The number of ether oxygens (including phenoxy) is 1. The third kappa shape index (κ3) is 4.97. The van der Waals surface area contributed by atoms with Crippen LogP contribution in [-0.4, -0.2) is 43.6 Å². The zero-order valence-electron chi connectivity index (χ0n) is 15.5. The molecule has 0 radical (unpaired) electrons. The van der Waals surface area contributed by atoms with Gasteiger partial charge in [-0.15, -0.1) is 0 Å². The maximum atomic E-state index is 12.8. The van der Waals surface area contributed by atoms with Crippen molar-refractivity contribution in [1.29, 1.82) is 0 Å². The van der Waals surface area contributed by atoms with E-state index in [0.29, 0.717) is 6.04 Å². The molecule has 0 saturated carbocycles. The molecule has 0 aliphatic carbocycles. The van der Waals surface area contributed by atoms with Crippen LogP contribution in [0.25, 0.3) is 0 Å². The number of benzene rings is 1. The van der Waals surface area contributed by atoms with E-state index in [-0.39, 0.29) is 17.7 Å². The second-order valence-electron chi connectivity index (χ2n) is 7.19. The van der Waals surface area contributed by atoms with Gasteiger partial charge in [0.25, 0.3) is 0 Å². The lowest BCUT2D eigenvalue weighted by atomic mass is 9.87. The zero-order valence-corrected chi connectivity index (χ0v) is 15.5. The Hall–Kier alpha value is -1.55. The molecule has 4 nitrogen and oxygen atoms in total. The average molecular weight is 332 g/mol. The van der Waals surface area contributed by atoms with Crippen LogP contribution in [0.2, 0.25) is 0 Å². The smallest absolute Gasteiger partial charge is 0.227 e. The average Bonchev–Trinajstić information content (AvgIpc) is 2.61. The van der Waals surface area contributed by atoms with Gasteiger partial charge in [-0.1, -0.05) is 32.4 Å². The maximum absolute atomic E-state index is 12.8. The van der Waals surface area contributed by atoms with E-state index in [2.05, 4.69) is 31.0 Å². The van der Waals surface area contributed by atoms with Crippen LogP contribution < -0.4 is 10.1 Å². The first kappa shape index (κ1) is 18.8. The van der Waals surface area contributed by atoms with Crippen molar-refractivity contribution in [3.05, 3.63) is 29.8 Å². The molecule has 0 bridgehead atoms. The fourth-order valence-electron chi connectivity index (χ4n) is 3.50. The Kier molecular flexibility index (Phi) is 7.10. The largest absolute Gasteiger partial charge is 0.497 e. The topological polar surface area (TPSA) is 41.6 Å². The molecule has 2 rings (SSSR count). The number of amides is 1. The van der Waals surface area contributed by atoms with Crippen molar-refractivity contribution in [2.24, 2.45) is 5.92 Å². The molecule has 1 amide bonds. The molecule has 0 aromatic heterocycles. The minimum atomic E-state index is -0.121. The number of methoxy groups -OCH3 is 1. The molecule has 1 aliphatic rings. The van der Waals surface area contributed by atoms with Gasteiger partial charge in [-0.25, -0.2) is 0 Å². The summed E-state index contributed by atoms with van der Waals surface area (Å²) in [4.78, 5) is 15.3. The lowest BCUT2D eigenvalue weighted by Crippen LogP contribution is -2.45. The van der Waals surface area contributed by atoms with Crippen molar-refractivity contribution in [3.63, 3.8) is 0 Å². The first-order valence-electron chi connectivity index (χ1n) is 9.18. The number of likely N-dealkylation sites (tertiary alicyclic amines) is 1. The Balaban J connectivity index is 1.95. The Labute approximate surface area is 146 Å². The molecule has 1 aromatic rings. The molecule has 1 aromatic carbocycles. The number of hydrogen-bond donors (Lipinski definition) is 1. The molecule has 1 fully saturated rings. The monoisotopic (exact) mass is 332 g/mol. The third-order valence-corrected chi connectivity index (χ3v) is 5.01. The van der Waals surface area contributed by atoms with E-state index in [0.717, 1.165) is 30.9 Å². The van der Waals surface area contributed by atoms with Crippen LogP contribution in [0.5, 0.6) is 5.75 Å². The van der Waals surface area contributed by atoms with Gasteiger partial charge in [-0.3, -0.25) is 9.69 Å². The van der Waals surface area contributed by atoms with Crippen LogP contribution in [0, 0.1) is 5.92 Å². The normalized spacial score (nSPS) is 18.2. The van der Waals surface area contributed by atoms with Gasteiger partial charge in [0.15, 0.2) is 0 Å². The maximum Gasteiger partial charge on any atom is 0.227 e. The minimum Gasteiger partial charge on any atom is -0.497 e. The molecule has 2 atom stereocenters. The van der Waals surface area contributed by atoms with Gasteiger partial charge < -0.3 is 10.1 Å². The number of carbonyl (C=O) groups excluding carboxylic acids is 1. The summed E-state index contributed by atoms with van der Waals surface area (Å²) in [6, 6.07) is 8.25. The van der Waals surface area contributed by atoms with Gasteiger partial charge in [0, 0.05) is 12.6 Å². The summed E-state index contributed by atoms with van der Waals surface area (Å²) < 4.78 is 5.21. The van der Waals surface area contributed by atoms with Crippen molar-refractivity contribution in [1.82, 2.24) is 10.2 Å². The van der Waals surface area contributed by atoms with Gasteiger partial charge in [0.2, 0.25) is 5.91 Å². The highest BCUT2D eigenvalue weighted by molar-refractivity contribution is 5.84. The summed E-state index contributed by atoms with van der Waals surface area (Å²) in [5.74, 6) is 1.08. The standard InChI is InChI=1S/C20H32N2O2/c1-15(2)19(17-8-10-18(24-4)11-9-17)20(23)21-14-16(3)22-12-6-5-7-13-22/h8-11,15-16,19H,5-7,12-14H2,1-4H3,(H,21,23). The number of rotatable bonds is 7. The SMILES string of the molecule is COc1ccc(C(C(=O)NCC(C)N2CCCCC2)C(C)C)cc1. The van der Waals surface area contributed by atoms with Gasteiger partial charge in [0.1, 0.15) is 5.75 Å². The molecular formula is C20H32N2O2. The summed E-state index contributed by atoms with van der Waals surface area (Å²) in [6.45, 7) is 9.44. The Morgan fingerprint density at radius 2 is 1.75 bits per heavy atom. The molecule has 1 heterocycles. The van der Waals surface area contributed by atoms with E-state index in [1.165, 1.54) is 19.3 Å². The summed E-state index contributed by atoms with van der Waals surface area (Å²) in [6.07, 6.45) is 3.89. The minimum absolute atomic E-state index is 0.121. The van der Waals surface area contributed by atoms with Crippen LogP contribution in [-0.2, 0) is 4.79 Å². The van der Waals surface area contributed by atoms with Crippen LogP contribution in [0.1, 0.15) is 51.5 Å². The van der Waals surface area contributed by atoms with Crippen molar-refractivity contribution in [2.75, 3.05) is 26.7 Å². The highest BCUT2D eigenvalue weighted by atomic mass is 16.5. The number of nitrogens with one attached hydrogen (secondary N) is 1. The van der Waals surface area contributed by atoms with Crippen LogP contribution >= 0.6 is 0 Å². The van der Waals surface area contributed by atoms with E-state index < -0.39 is 0 Å². The van der Waals surface area contributed by atoms with E-state index in [1.807, 2.05) is 24.3 Å². The first-order chi connectivity index (χ1) is 11.5. The van der Waals surface area contributed by atoms with E-state index >= 15 is 0 Å². The van der Waals surface area contributed by atoms with Crippen LogP contribution in [0.4, 0.5) is 0 Å². The summed E-state index contributed by atoms with van der Waals surface area (Å²) in [5.41, 5.74) is 1.05. The summed E-state index contributed by atoms with van der Waals surface area (Å²) in [7, 11) is 1.66. The van der Waals surface area contributed by atoms with E-state index in [9.17, 15) is 4.79 Å². The molecule has 2 unspecified atom stereocenters. The molecular weight excluding hydrogens is 300 g/mol. The lowest BCUT2D eigenvalue weighted by Gasteiger charge is -2.33. The number of hydrogen-bond acceptors (Lipinski definition) is 3. The lowest BCUT2D eigenvalue weighted by molar-refractivity contribution is -0.123. The summed E-state index contributed by atoms with van der Waals surface area (Å²) >= 11 is 0. The van der Waals surface area contributed by atoms with Crippen molar-refractivity contribution < 1.29 is 9.53 Å². The Morgan fingerprint density at radius 1 is 1.12 bits per heavy atom. The first-order valence-corrected chi connectivity index (χ1v) is 9.18. The fourth-order valence-corrected chi connectivity index (χ4v) is 3.50. The van der Waals surface area contributed by atoms with Crippen LogP contribution in [0.15, 0.2) is 24.3 Å². The molecule has 1 aliphatic heterocycles. The number of nitrogens with zero attached hydrogens (tertiary/aromatic N) is 1. The predicted molar refractivity (Wildman–Crippen MR) is 98.5 cm³/mol. The van der Waals surface area contributed by atoms with Gasteiger partial charge in [0.05, 0.1) is 13.0 Å². The molecule has 1 N–H and O–H groups in total. The molecule has 134 valence electrons. The highest BCUT2D eigenvalue weighted by Gasteiger charge is 2.25. The van der Waals surface area contributed by atoms with Gasteiger partial charge in [-0.2, -0.15) is 0 Å². The number of carbonyl (C=O) groups is 1. The zero-order chi connectivity index (χ0) is 17.5. The van der Waals surface area contributed by atoms with E-state index in [4.69, 9.17) is 4.74 Å². The summed E-state index contributed by atoms with van der Waals surface area (Å²) in [5, 5.41) is 3.18. The van der Waals surface area contributed by atoms with Crippen LogP contribution in [0.3, 0.4) is 0 Å². The second kappa shape index (κ2) is 9.07. The van der Waals surface area contributed by atoms with Gasteiger partial charge in [-0.05, 0) is 56.5 Å². The predicted octanol–water partition coefficient (Wildman–Crippen LogP) is 3.43. The third-order valence-electron chi connectivity index (χ3n) is 5.01. The second-order valence-corrected chi connectivity index (χ2v) is 7.19. The van der Waals surface area contributed by atoms with Crippen molar-refractivity contribution in [3.8, 4) is 5.75 Å².